The summed E-state index contributed by atoms with van der Waals surface area (Å²) in [6.07, 6.45) is -0.569. The lowest BCUT2D eigenvalue weighted by atomic mass is 10.0. The summed E-state index contributed by atoms with van der Waals surface area (Å²) in [5.74, 6) is -1.94. The van der Waals surface area contributed by atoms with Crippen LogP contribution in [0.4, 0.5) is 4.79 Å². The highest BCUT2D eigenvalue weighted by atomic mass is 16.6. The summed E-state index contributed by atoms with van der Waals surface area (Å²) < 4.78 is 5.17. The summed E-state index contributed by atoms with van der Waals surface area (Å²) >= 11 is 0. The van der Waals surface area contributed by atoms with E-state index in [2.05, 4.69) is 10.6 Å². The fourth-order valence-corrected chi connectivity index (χ4v) is 2.28. The van der Waals surface area contributed by atoms with Gasteiger partial charge < -0.3 is 20.5 Å². The molecule has 0 radical (unpaired) electrons. The average Bonchev–Trinajstić information content (AvgIpc) is 2.50. The minimum Gasteiger partial charge on any atom is -0.480 e. The van der Waals surface area contributed by atoms with Crippen molar-refractivity contribution in [3.63, 3.8) is 0 Å². The van der Waals surface area contributed by atoms with Crippen molar-refractivity contribution >= 4 is 18.0 Å². The first-order valence-corrected chi connectivity index (χ1v) is 8.56. The number of hydrogen-bond acceptors (Lipinski definition) is 4. The fourth-order valence-electron chi connectivity index (χ4n) is 2.28. The van der Waals surface area contributed by atoms with E-state index in [1.807, 2.05) is 6.07 Å². The van der Waals surface area contributed by atoms with E-state index in [4.69, 9.17) is 4.74 Å². The van der Waals surface area contributed by atoms with E-state index in [0.717, 1.165) is 5.56 Å². The SMILES string of the molecule is CC(C)[C@@H](NC(=O)OC(C)(C)C)C(=O)N[C@@H](Cc1ccccc1)C(=O)O. The lowest BCUT2D eigenvalue weighted by Crippen LogP contribution is -2.54. The number of benzene rings is 1. The maximum atomic E-state index is 12.5. The molecule has 0 aliphatic rings. The van der Waals surface area contributed by atoms with Crippen molar-refractivity contribution in [3.8, 4) is 0 Å². The third kappa shape index (κ3) is 7.55. The van der Waals surface area contributed by atoms with Crippen molar-refractivity contribution in [2.75, 3.05) is 0 Å². The molecule has 0 bridgehead atoms. The molecule has 0 saturated heterocycles. The Morgan fingerprint density at radius 2 is 1.65 bits per heavy atom. The Hall–Kier alpha value is -2.57. The van der Waals surface area contributed by atoms with Gasteiger partial charge in [-0.25, -0.2) is 9.59 Å². The molecule has 0 aliphatic heterocycles. The zero-order chi connectivity index (χ0) is 19.9. The zero-order valence-corrected chi connectivity index (χ0v) is 15.9. The first-order valence-electron chi connectivity index (χ1n) is 8.56. The van der Waals surface area contributed by atoms with Crippen LogP contribution in [0.3, 0.4) is 0 Å². The van der Waals surface area contributed by atoms with E-state index in [1.54, 1.807) is 58.9 Å². The second kappa shape index (κ2) is 9.22. The van der Waals surface area contributed by atoms with Gasteiger partial charge in [0.05, 0.1) is 0 Å². The van der Waals surface area contributed by atoms with Gasteiger partial charge in [-0.15, -0.1) is 0 Å². The van der Waals surface area contributed by atoms with Gasteiger partial charge in [0.2, 0.25) is 5.91 Å². The van der Waals surface area contributed by atoms with Crippen molar-refractivity contribution in [1.82, 2.24) is 10.6 Å². The van der Waals surface area contributed by atoms with Crippen LogP contribution in [0.2, 0.25) is 0 Å². The molecular weight excluding hydrogens is 336 g/mol. The Labute approximate surface area is 154 Å². The zero-order valence-electron chi connectivity index (χ0n) is 15.9. The maximum absolute atomic E-state index is 12.5. The Morgan fingerprint density at radius 1 is 1.08 bits per heavy atom. The van der Waals surface area contributed by atoms with Gasteiger partial charge in [-0.3, -0.25) is 4.79 Å². The molecule has 2 amide bonds. The number of aliphatic carboxylic acids is 1. The number of carboxylic acids is 1. The first kappa shape index (κ1) is 21.5. The molecule has 2 atom stereocenters. The minimum atomic E-state index is -1.14. The molecule has 0 spiro atoms. The number of nitrogens with one attached hydrogen (secondary N) is 2. The minimum absolute atomic E-state index is 0.152. The summed E-state index contributed by atoms with van der Waals surface area (Å²) in [6.45, 7) is 8.68. The van der Waals surface area contributed by atoms with Gasteiger partial charge in [0.15, 0.2) is 0 Å². The lowest BCUT2D eigenvalue weighted by Gasteiger charge is -2.26. The topological polar surface area (TPSA) is 105 Å². The Bertz CT molecular complexity index is 623. The van der Waals surface area contributed by atoms with Crippen LogP contribution in [0.1, 0.15) is 40.2 Å². The molecule has 1 aromatic carbocycles. The van der Waals surface area contributed by atoms with E-state index in [1.165, 1.54) is 0 Å². The maximum Gasteiger partial charge on any atom is 0.408 e. The van der Waals surface area contributed by atoms with Gasteiger partial charge in [0.25, 0.3) is 0 Å². The van der Waals surface area contributed by atoms with Crippen LogP contribution in [0.15, 0.2) is 30.3 Å². The summed E-state index contributed by atoms with van der Waals surface area (Å²) in [5, 5.41) is 14.4. The average molecular weight is 364 g/mol. The molecule has 3 N–H and O–H groups in total. The second-order valence-electron chi connectivity index (χ2n) is 7.46. The highest BCUT2D eigenvalue weighted by Crippen LogP contribution is 2.10. The molecule has 0 unspecified atom stereocenters. The smallest absolute Gasteiger partial charge is 0.408 e. The van der Waals surface area contributed by atoms with Gasteiger partial charge >= 0.3 is 12.1 Å². The number of alkyl carbamates (subject to hydrolysis) is 1. The quantitative estimate of drug-likeness (QED) is 0.689. The van der Waals surface area contributed by atoms with Crippen molar-refractivity contribution in [3.05, 3.63) is 35.9 Å². The van der Waals surface area contributed by atoms with Crippen molar-refractivity contribution in [1.29, 1.82) is 0 Å². The van der Waals surface area contributed by atoms with E-state index in [9.17, 15) is 19.5 Å². The second-order valence-corrected chi connectivity index (χ2v) is 7.46. The van der Waals surface area contributed by atoms with Crippen molar-refractivity contribution in [2.24, 2.45) is 5.92 Å². The molecular formula is C19H28N2O5. The molecule has 7 heteroatoms. The summed E-state index contributed by atoms with van der Waals surface area (Å²) in [5.41, 5.74) is 0.0975. The van der Waals surface area contributed by atoms with Gasteiger partial charge in [0, 0.05) is 6.42 Å². The number of hydrogen-bond donors (Lipinski definition) is 3. The Balaban J connectivity index is 2.80. The lowest BCUT2D eigenvalue weighted by molar-refractivity contribution is -0.142. The monoisotopic (exact) mass is 364 g/mol. The van der Waals surface area contributed by atoms with Crippen LogP contribution in [0.5, 0.6) is 0 Å². The molecule has 0 saturated carbocycles. The molecule has 0 aromatic heterocycles. The first-order chi connectivity index (χ1) is 12.0. The molecule has 7 nitrogen and oxygen atoms in total. The number of rotatable bonds is 7. The van der Waals surface area contributed by atoms with Crippen LogP contribution in [-0.2, 0) is 20.7 Å². The highest BCUT2D eigenvalue weighted by molar-refractivity contribution is 5.89. The molecule has 0 heterocycles. The van der Waals surface area contributed by atoms with Crippen LogP contribution in [0, 0.1) is 5.92 Å². The van der Waals surface area contributed by atoms with Crippen LogP contribution in [-0.4, -0.2) is 40.8 Å². The summed E-state index contributed by atoms with van der Waals surface area (Å²) in [7, 11) is 0. The third-order valence-electron chi connectivity index (χ3n) is 3.52. The number of amides is 2. The van der Waals surface area contributed by atoms with E-state index < -0.39 is 35.7 Å². The predicted octanol–water partition coefficient (Wildman–Crippen LogP) is 2.35. The van der Waals surface area contributed by atoms with E-state index in [0.29, 0.717) is 0 Å². The van der Waals surface area contributed by atoms with E-state index >= 15 is 0 Å². The molecule has 26 heavy (non-hydrogen) atoms. The summed E-state index contributed by atoms with van der Waals surface area (Å²) in [4.78, 5) is 36.0. The van der Waals surface area contributed by atoms with Crippen LogP contribution in [0.25, 0.3) is 0 Å². The summed E-state index contributed by atoms with van der Waals surface area (Å²) in [6, 6.07) is 7.03. The molecule has 1 rings (SSSR count). The highest BCUT2D eigenvalue weighted by Gasteiger charge is 2.30. The molecule has 144 valence electrons. The normalized spacial score (nSPS) is 13.6. The van der Waals surface area contributed by atoms with Gasteiger partial charge in [0.1, 0.15) is 17.7 Å². The molecule has 0 aliphatic carbocycles. The Morgan fingerprint density at radius 3 is 2.12 bits per heavy atom. The van der Waals surface area contributed by atoms with Gasteiger partial charge in [-0.2, -0.15) is 0 Å². The number of ether oxygens (including phenoxy) is 1. The van der Waals surface area contributed by atoms with Gasteiger partial charge in [-0.05, 0) is 32.3 Å². The van der Waals surface area contributed by atoms with Crippen LogP contribution >= 0.6 is 0 Å². The van der Waals surface area contributed by atoms with Crippen molar-refractivity contribution in [2.45, 2.75) is 58.7 Å². The number of carbonyl (C=O) groups excluding carboxylic acids is 2. The Kier molecular flexibility index (Phi) is 7.61. The molecule has 1 aromatic rings. The van der Waals surface area contributed by atoms with Crippen molar-refractivity contribution < 1.29 is 24.2 Å². The molecule has 0 fully saturated rings. The van der Waals surface area contributed by atoms with Gasteiger partial charge in [-0.1, -0.05) is 44.2 Å². The number of carboxylic acid groups (broad SMARTS) is 1. The largest absolute Gasteiger partial charge is 0.480 e. The fraction of sp³-hybridized carbons (Fsp3) is 0.526. The standard InChI is InChI=1S/C19H28N2O5/c1-12(2)15(21-18(25)26-19(3,4)5)16(22)20-14(17(23)24)11-13-9-7-6-8-10-13/h6-10,12,14-15H,11H2,1-5H3,(H,20,22)(H,21,25)(H,23,24)/t14-,15+/m0/s1. The van der Waals surface area contributed by atoms with E-state index in [-0.39, 0.29) is 12.3 Å². The number of carbonyl (C=O) groups is 3. The predicted molar refractivity (Wildman–Crippen MR) is 97.7 cm³/mol. The van der Waals surface area contributed by atoms with Crippen LogP contribution < -0.4 is 10.6 Å². The third-order valence-corrected chi connectivity index (χ3v) is 3.52.